The second-order valence-electron chi connectivity index (χ2n) is 3.90. The Labute approximate surface area is 108 Å². The topological polar surface area (TPSA) is 29.5 Å². The van der Waals surface area contributed by atoms with Gasteiger partial charge < -0.3 is 9.64 Å². The first-order valence-corrected chi connectivity index (χ1v) is 5.06. The standard InChI is InChI=1S/C13H17NO2.ClH/c1-10(9-14(2)3)13(15)11-5-7-12(16-4)8-6-11;/h5-8H,1,9H2,2-4H3;1H. The van der Waals surface area contributed by atoms with Crippen LogP contribution >= 0.6 is 12.4 Å². The van der Waals surface area contributed by atoms with Crippen molar-refractivity contribution >= 4 is 18.2 Å². The SMILES string of the molecule is C=C(CN(C)C)C(=O)c1ccc(OC)cc1.Cl. The lowest BCUT2D eigenvalue weighted by Gasteiger charge is -2.11. The molecule has 0 aliphatic rings. The first-order chi connectivity index (χ1) is 7.54. The molecule has 1 aromatic carbocycles. The number of Topliss-reactive ketones (excluding diaryl/α,β-unsaturated/α-hetero) is 1. The molecule has 0 unspecified atom stereocenters. The van der Waals surface area contributed by atoms with E-state index in [4.69, 9.17) is 4.74 Å². The minimum absolute atomic E-state index is 0. The van der Waals surface area contributed by atoms with Crippen molar-refractivity contribution in [3.05, 3.63) is 42.0 Å². The average molecular weight is 256 g/mol. The van der Waals surface area contributed by atoms with Crippen LogP contribution in [-0.4, -0.2) is 38.4 Å². The summed E-state index contributed by atoms with van der Waals surface area (Å²) in [6, 6.07) is 7.05. The van der Waals surface area contributed by atoms with Gasteiger partial charge in [-0.1, -0.05) is 6.58 Å². The number of hydrogen-bond donors (Lipinski definition) is 0. The summed E-state index contributed by atoms with van der Waals surface area (Å²) in [7, 11) is 5.42. The van der Waals surface area contributed by atoms with Gasteiger partial charge in [-0.2, -0.15) is 0 Å². The molecule has 3 nitrogen and oxygen atoms in total. The van der Waals surface area contributed by atoms with Gasteiger partial charge in [0.2, 0.25) is 0 Å². The van der Waals surface area contributed by atoms with E-state index in [9.17, 15) is 4.79 Å². The fraction of sp³-hybridized carbons (Fsp3) is 0.308. The Balaban J connectivity index is 0.00000256. The van der Waals surface area contributed by atoms with Crippen molar-refractivity contribution in [1.29, 1.82) is 0 Å². The highest BCUT2D eigenvalue weighted by atomic mass is 35.5. The van der Waals surface area contributed by atoms with Crippen molar-refractivity contribution in [2.45, 2.75) is 0 Å². The molecule has 1 aromatic rings. The van der Waals surface area contributed by atoms with Gasteiger partial charge in [-0.05, 0) is 38.4 Å². The molecule has 0 saturated carbocycles. The van der Waals surface area contributed by atoms with Crippen LogP contribution in [0.5, 0.6) is 5.75 Å². The van der Waals surface area contributed by atoms with Crippen molar-refractivity contribution < 1.29 is 9.53 Å². The third kappa shape index (κ3) is 4.59. The molecule has 1 rings (SSSR count). The number of methoxy groups -OCH3 is 1. The van der Waals surface area contributed by atoms with Crippen LogP contribution in [0.15, 0.2) is 36.4 Å². The van der Waals surface area contributed by atoms with Gasteiger partial charge >= 0.3 is 0 Å². The van der Waals surface area contributed by atoms with E-state index in [1.54, 1.807) is 31.4 Å². The van der Waals surface area contributed by atoms with Gasteiger partial charge in [0.25, 0.3) is 0 Å². The van der Waals surface area contributed by atoms with Gasteiger partial charge in [-0.25, -0.2) is 0 Å². The predicted octanol–water partition coefficient (Wildman–Crippen LogP) is 2.42. The summed E-state index contributed by atoms with van der Waals surface area (Å²) in [6.07, 6.45) is 0. The van der Waals surface area contributed by atoms with Crippen LogP contribution in [0.2, 0.25) is 0 Å². The van der Waals surface area contributed by atoms with Crippen molar-refractivity contribution in [3.8, 4) is 5.75 Å². The summed E-state index contributed by atoms with van der Waals surface area (Å²) in [5.41, 5.74) is 1.24. The van der Waals surface area contributed by atoms with Crippen LogP contribution in [0.3, 0.4) is 0 Å². The summed E-state index contributed by atoms with van der Waals surface area (Å²) >= 11 is 0. The van der Waals surface area contributed by atoms with Gasteiger partial charge in [0, 0.05) is 17.7 Å². The van der Waals surface area contributed by atoms with Crippen LogP contribution in [0.25, 0.3) is 0 Å². The molecule has 0 amide bonds. The molecule has 4 heteroatoms. The second-order valence-corrected chi connectivity index (χ2v) is 3.90. The molecule has 0 radical (unpaired) electrons. The third-order valence-corrected chi connectivity index (χ3v) is 2.18. The molecule has 0 aliphatic heterocycles. The number of hydrogen-bond acceptors (Lipinski definition) is 3. The van der Waals surface area contributed by atoms with E-state index in [1.165, 1.54) is 0 Å². The molecule has 0 atom stereocenters. The summed E-state index contributed by atoms with van der Waals surface area (Å²) in [4.78, 5) is 13.8. The third-order valence-electron chi connectivity index (χ3n) is 2.18. The van der Waals surface area contributed by atoms with E-state index in [0.29, 0.717) is 17.7 Å². The Morgan fingerprint density at radius 2 is 1.82 bits per heavy atom. The van der Waals surface area contributed by atoms with E-state index >= 15 is 0 Å². The number of likely N-dealkylation sites (N-methyl/N-ethyl adjacent to an activating group) is 1. The lowest BCUT2D eigenvalue weighted by atomic mass is 10.0. The van der Waals surface area contributed by atoms with E-state index in [1.807, 2.05) is 19.0 Å². The predicted molar refractivity (Wildman–Crippen MR) is 72.3 cm³/mol. The molecule has 0 fully saturated rings. The number of ketones is 1. The Morgan fingerprint density at radius 1 is 1.29 bits per heavy atom. The van der Waals surface area contributed by atoms with Crippen molar-refractivity contribution in [3.63, 3.8) is 0 Å². The quantitative estimate of drug-likeness (QED) is 0.598. The number of benzene rings is 1. The van der Waals surface area contributed by atoms with E-state index < -0.39 is 0 Å². The minimum atomic E-state index is -0.0173. The van der Waals surface area contributed by atoms with E-state index in [0.717, 1.165) is 5.75 Å². The molecular formula is C13H18ClNO2. The number of nitrogens with zero attached hydrogens (tertiary/aromatic N) is 1. The highest BCUT2D eigenvalue weighted by Gasteiger charge is 2.10. The largest absolute Gasteiger partial charge is 0.497 e. The fourth-order valence-corrected chi connectivity index (χ4v) is 1.40. The Hall–Kier alpha value is -1.32. The van der Waals surface area contributed by atoms with Crippen LogP contribution in [0, 0.1) is 0 Å². The molecule has 17 heavy (non-hydrogen) atoms. The normalized spacial score (nSPS) is 9.65. The maximum absolute atomic E-state index is 11.9. The molecule has 0 N–H and O–H groups in total. The van der Waals surface area contributed by atoms with Crippen molar-refractivity contribution in [2.75, 3.05) is 27.7 Å². The lowest BCUT2D eigenvalue weighted by molar-refractivity contribution is 0.102. The van der Waals surface area contributed by atoms with Gasteiger partial charge in [0.1, 0.15) is 5.75 Å². The van der Waals surface area contributed by atoms with Crippen molar-refractivity contribution in [2.24, 2.45) is 0 Å². The van der Waals surface area contributed by atoms with Crippen LogP contribution in [0.1, 0.15) is 10.4 Å². The Bertz CT molecular complexity index is 385. The van der Waals surface area contributed by atoms with Gasteiger partial charge in [0.15, 0.2) is 5.78 Å². The van der Waals surface area contributed by atoms with Crippen LogP contribution in [0.4, 0.5) is 0 Å². The highest BCUT2D eigenvalue weighted by molar-refractivity contribution is 6.08. The zero-order valence-corrected chi connectivity index (χ0v) is 11.2. The second kappa shape index (κ2) is 7.09. The number of carbonyl (C=O) groups is 1. The van der Waals surface area contributed by atoms with E-state index in [-0.39, 0.29) is 18.2 Å². The molecule has 0 spiro atoms. The number of halogens is 1. The smallest absolute Gasteiger partial charge is 0.189 e. The monoisotopic (exact) mass is 255 g/mol. The maximum Gasteiger partial charge on any atom is 0.189 e. The highest BCUT2D eigenvalue weighted by Crippen LogP contribution is 2.14. The Kier molecular flexibility index (Phi) is 6.54. The summed E-state index contributed by atoms with van der Waals surface area (Å²) < 4.78 is 5.03. The first kappa shape index (κ1) is 15.7. The van der Waals surface area contributed by atoms with Gasteiger partial charge in [0.05, 0.1) is 7.11 Å². The molecule has 0 aromatic heterocycles. The molecule has 0 heterocycles. The average Bonchev–Trinajstić information content (AvgIpc) is 2.27. The first-order valence-electron chi connectivity index (χ1n) is 5.06. The number of rotatable bonds is 5. The molecule has 0 aliphatic carbocycles. The minimum Gasteiger partial charge on any atom is -0.497 e. The van der Waals surface area contributed by atoms with Gasteiger partial charge in [-0.3, -0.25) is 4.79 Å². The van der Waals surface area contributed by atoms with E-state index in [2.05, 4.69) is 6.58 Å². The van der Waals surface area contributed by atoms with Crippen molar-refractivity contribution in [1.82, 2.24) is 4.90 Å². The zero-order valence-electron chi connectivity index (χ0n) is 10.4. The Morgan fingerprint density at radius 3 is 2.24 bits per heavy atom. The van der Waals surface area contributed by atoms with Crippen LogP contribution in [-0.2, 0) is 0 Å². The molecule has 0 saturated heterocycles. The number of ether oxygens (including phenoxy) is 1. The maximum atomic E-state index is 11.9. The summed E-state index contributed by atoms with van der Waals surface area (Å²) in [6.45, 7) is 4.37. The summed E-state index contributed by atoms with van der Waals surface area (Å²) in [5, 5.41) is 0. The molecule has 0 bridgehead atoms. The molecule has 94 valence electrons. The fourth-order valence-electron chi connectivity index (χ4n) is 1.40. The number of carbonyl (C=O) groups excluding carboxylic acids is 1. The van der Waals surface area contributed by atoms with Crippen LogP contribution < -0.4 is 4.74 Å². The molecular weight excluding hydrogens is 238 g/mol. The van der Waals surface area contributed by atoms with Gasteiger partial charge in [-0.15, -0.1) is 12.4 Å². The summed E-state index contributed by atoms with van der Waals surface area (Å²) in [5.74, 6) is 0.728. The zero-order chi connectivity index (χ0) is 12.1. The lowest BCUT2D eigenvalue weighted by Crippen LogP contribution is -2.19.